The zero-order chi connectivity index (χ0) is 19.5. The number of nitrogens with one attached hydrogen (secondary N) is 1. The van der Waals surface area contributed by atoms with Gasteiger partial charge in [-0.3, -0.25) is 14.7 Å². The van der Waals surface area contributed by atoms with E-state index in [1.54, 1.807) is 18.3 Å². The summed E-state index contributed by atoms with van der Waals surface area (Å²) in [6.45, 7) is 1.96. The summed E-state index contributed by atoms with van der Waals surface area (Å²) in [4.78, 5) is 19.0. The number of rotatable bonds is 6. The van der Waals surface area contributed by atoms with Gasteiger partial charge in [0, 0.05) is 24.2 Å². The third kappa shape index (κ3) is 4.38. The molecule has 1 aliphatic heterocycles. The Labute approximate surface area is 164 Å². The molecule has 4 rings (SSSR count). The average Bonchev–Trinajstić information content (AvgIpc) is 3.56. The van der Waals surface area contributed by atoms with Crippen LogP contribution in [0.25, 0.3) is 0 Å². The fourth-order valence-electron chi connectivity index (χ4n) is 3.97. The van der Waals surface area contributed by atoms with Crippen molar-refractivity contribution in [3.05, 3.63) is 65.5 Å². The summed E-state index contributed by atoms with van der Waals surface area (Å²) < 4.78 is 27.4. The highest BCUT2D eigenvalue weighted by molar-refractivity contribution is 5.81. The number of pyridine rings is 1. The van der Waals surface area contributed by atoms with Crippen LogP contribution in [0.1, 0.15) is 43.0 Å². The second-order valence-electron chi connectivity index (χ2n) is 7.84. The summed E-state index contributed by atoms with van der Waals surface area (Å²) in [5.74, 6) is -0.994. The molecular formula is C22H25F2N3O. The van der Waals surface area contributed by atoms with Crippen molar-refractivity contribution in [2.75, 3.05) is 13.1 Å². The zero-order valence-corrected chi connectivity index (χ0v) is 15.8. The number of hydrogen-bond acceptors (Lipinski definition) is 3. The Kier molecular flexibility index (Phi) is 5.67. The summed E-state index contributed by atoms with van der Waals surface area (Å²) in [6.07, 6.45) is 5.45. The molecule has 2 heterocycles. The standard InChI is InChI=1S/C22H25F2N3O/c23-18-5-3-4-17(20(18)24)14-27-12-9-15(10-13-27)21(19-6-1-2-11-25-19)26-22(28)16-7-8-16/h1-6,11,15-16,21H,7-10,12-14H2,(H,26,28)/t21-/m1/s1. The first-order valence-electron chi connectivity index (χ1n) is 9.98. The van der Waals surface area contributed by atoms with E-state index in [-0.39, 0.29) is 23.8 Å². The highest BCUT2D eigenvalue weighted by Gasteiger charge is 2.35. The van der Waals surface area contributed by atoms with Crippen molar-refractivity contribution in [1.82, 2.24) is 15.2 Å². The van der Waals surface area contributed by atoms with Gasteiger partial charge in [0.05, 0.1) is 11.7 Å². The number of amides is 1. The third-order valence-corrected chi connectivity index (χ3v) is 5.78. The molecular weight excluding hydrogens is 360 g/mol. The van der Waals surface area contributed by atoms with E-state index in [0.29, 0.717) is 12.1 Å². The van der Waals surface area contributed by atoms with Crippen LogP contribution in [0.15, 0.2) is 42.6 Å². The van der Waals surface area contributed by atoms with E-state index in [2.05, 4.69) is 15.2 Å². The Hall–Kier alpha value is -2.34. The fourth-order valence-corrected chi connectivity index (χ4v) is 3.97. The molecule has 1 aliphatic carbocycles. The van der Waals surface area contributed by atoms with Gasteiger partial charge in [0.15, 0.2) is 11.6 Å². The first-order valence-corrected chi connectivity index (χ1v) is 9.98. The molecule has 1 aromatic heterocycles. The molecule has 1 amide bonds. The molecule has 0 spiro atoms. The lowest BCUT2D eigenvalue weighted by Crippen LogP contribution is -2.41. The topological polar surface area (TPSA) is 45.2 Å². The second-order valence-corrected chi connectivity index (χ2v) is 7.84. The van der Waals surface area contributed by atoms with E-state index in [1.807, 2.05) is 18.2 Å². The van der Waals surface area contributed by atoms with Gasteiger partial charge in [0.25, 0.3) is 0 Å². The number of piperidine rings is 1. The SMILES string of the molecule is O=C(N[C@@H](c1ccccn1)C1CCN(Cc2cccc(F)c2F)CC1)C1CC1. The molecule has 2 aromatic rings. The predicted molar refractivity (Wildman–Crippen MR) is 102 cm³/mol. The minimum atomic E-state index is -0.801. The van der Waals surface area contributed by atoms with Crippen molar-refractivity contribution in [2.45, 2.75) is 38.3 Å². The molecule has 1 saturated carbocycles. The molecule has 148 valence electrons. The maximum atomic E-state index is 14.0. The number of carbonyl (C=O) groups excluding carboxylic acids is 1. The van der Waals surface area contributed by atoms with E-state index in [0.717, 1.165) is 50.5 Å². The number of benzene rings is 1. The van der Waals surface area contributed by atoms with Crippen LogP contribution >= 0.6 is 0 Å². The largest absolute Gasteiger partial charge is 0.347 e. The lowest BCUT2D eigenvalue weighted by Gasteiger charge is -2.36. The lowest BCUT2D eigenvalue weighted by atomic mass is 9.87. The van der Waals surface area contributed by atoms with Crippen LogP contribution in [0.3, 0.4) is 0 Å². The summed E-state index contributed by atoms with van der Waals surface area (Å²) in [5.41, 5.74) is 1.29. The van der Waals surface area contributed by atoms with E-state index < -0.39 is 11.6 Å². The van der Waals surface area contributed by atoms with Crippen molar-refractivity contribution in [3.8, 4) is 0 Å². The number of carbonyl (C=O) groups is 1. The molecule has 0 unspecified atom stereocenters. The molecule has 4 nitrogen and oxygen atoms in total. The molecule has 28 heavy (non-hydrogen) atoms. The number of aromatic nitrogens is 1. The number of nitrogens with zero attached hydrogens (tertiary/aromatic N) is 2. The van der Waals surface area contributed by atoms with Gasteiger partial charge in [-0.1, -0.05) is 18.2 Å². The highest BCUT2D eigenvalue weighted by atomic mass is 19.2. The van der Waals surface area contributed by atoms with Crippen LogP contribution in [0.2, 0.25) is 0 Å². The van der Waals surface area contributed by atoms with Gasteiger partial charge in [-0.15, -0.1) is 0 Å². The summed E-state index contributed by atoms with van der Waals surface area (Å²) in [5, 5.41) is 3.22. The first-order chi connectivity index (χ1) is 13.6. The second kappa shape index (κ2) is 8.35. The quantitative estimate of drug-likeness (QED) is 0.822. The molecule has 0 radical (unpaired) electrons. The van der Waals surface area contributed by atoms with Crippen LogP contribution in [0, 0.1) is 23.5 Å². The predicted octanol–water partition coefficient (Wildman–Crippen LogP) is 3.84. The average molecular weight is 385 g/mol. The Bertz CT molecular complexity index is 818. The van der Waals surface area contributed by atoms with Crippen LogP contribution in [-0.2, 0) is 11.3 Å². The fraction of sp³-hybridized carbons (Fsp3) is 0.455. The molecule has 1 atom stereocenters. The van der Waals surface area contributed by atoms with Crippen LogP contribution in [0.5, 0.6) is 0 Å². The van der Waals surface area contributed by atoms with Crippen LogP contribution < -0.4 is 5.32 Å². The van der Waals surface area contributed by atoms with Gasteiger partial charge in [-0.25, -0.2) is 8.78 Å². The van der Waals surface area contributed by atoms with E-state index in [4.69, 9.17) is 0 Å². The van der Waals surface area contributed by atoms with E-state index >= 15 is 0 Å². The Morgan fingerprint density at radius 2 is 1.89 bits per heavy atom. The number of hydrogen-bond donors (Lipinski definition) is 1. The van der Waals surface area contributed by atoms with Crippen LogP contribution in [-0.4, -0.2) is 28.9 Å². The minimum Gasteiger partial charge on any atom is -0.347 e. The third-order valence-electron chi connectivity index (χ3n) is 5.78. The van der Waals surface area contributed by atoms with Gasteiger partial charge in [0.2, 0.25) is 5.91 Å². The molecule has 6 heteroatoms. The first kappa shape index (κ1) is 19.0. The summed E-state index contributed by atoms with van der Waals surface area (Å²) >= 11 is 0. The smallest absolute Gasteiger partial charge is 0.223 e. The Morgan fingerprint density at radius 1 is 1.11 bits per heavy atom. The maximum Gasteiger partial charge on any atom is 0.223 e. The number of likely N-dealkylation sites (tertiary alicyclic amines) is 1. The summed E-state index contributed by atoms with van der Waals surface area (Å²) in [7, 11) is 0. The van der Waals surface area contributed by atoms with Crippen molar-refractivity contribution >= 4 is 5.91 Å². The normalized spacial score (nSPS) is 19.4. The highest BCUT2D eigenvalue weighted by Crippen LogP contribution is 2.34. The molecule has 1 aromatic carbocycles. The van der Waals surface area contributed by atoms with Gasteiger partial charge >= 0.3 is 0 Å². The van der Waals surface area contributed by atoms with E-state index in [9.17, 15) is 13.6 Å². The maximum absolute atomic E-state index is 14.0. The Morgan fingerprint density at radius 3 is 2.57 bits per heavy atom. The summed E-state index contributed by atoms with van der Waals surface area (Å²) in [6, 6.07) is 10.0. The molecule has 0 bridgehead atoms. The lowest BCUT2D eigenvalue weighted by molar-refractivity contribution is -0.123. The van der Waals surface area contributed by atoms with Crippen molar-refractivity contribution in [3.63, 3.8) is 0 Å². The van der Waals surface area contributed by atoms with Crippen molar-refractivity contribution in [1.29, 1.82) is 0 Å². The minimum absolute atomic E-state index is 0.0950. The van der Waals surface area contributed by atoms with Gasteiger partial charge in [-0.05, 0) is 62.9 Å². The van der Waals surface area contributed by atoms with Crippen LogP contribution in [0.4, 0.5) is 8.78 Å². The van der Waals surface area contributed by atoms with Gasteiger partial charge < -0.3 is 5.32 Å². The molecule has 2 fully saturated rings. The molecule has 1 saturated heterocycles. The van der Waals surface area contributed by atoms with Gasteiger partial charge in [-0.2, -0.15) is 0 Å². The van der Waals surface area contributed by atoms with Gasteiger partial charge in [0.1, 0.15) is 0 Å². The van der Waals surface area contributed by atoms with E-state index in [1.165, 1.54) is 0 Å². The monoisotopic (exact) mass is 385 g/mol. The molecule has 2 aliphatic rings. The van der Waals surface area contributed by atoms with Crippen molar-refractivity contribution < 1.29 is 13.6 Å². The Balaban J connectivity index is 1.41. The number of halogens is 2. The zero-order valence-electron chi connectivity index (χ0n) is 15.8. The van der Waals surface area contributed by atoms with Crippen molar-refractivity contribution in [2.24, 2.45) is 11.8 Å². The molecule has 1 N–H and O–H groups in total.